The van der Waals surface area contributed by atoms with Crippen LogP contribution in [-0.2, 0) is 9.59 Å². The fraction of sp³-hybridized carbons (Fsp3) is 0.263. The van der Waals surface area contributed by atoms with Gasteiger partial charge in [-0.2, -0.15) is 0 Å². The molecule has 2 amide bonds. The number of para-hydroxylation sites is 1. The molecule has 0 radical (unpaired) electrons. The van der Waals surface area contributed by atoms with Gasteiger partial charge in [0.1, 0.15) is 11.5 Å². The molecule has 8 heteroatoms. The summed E-state index contributed by atoms with van der Waals surface area (Å²) in [6.45, 7) is 2.00. The molecule has 27 heavy (non-hydrogen) atoms. The Balaban J connectivity index is 1.60. The van der Waals surface area contributed by atoms with Gasteiger partial charge in [-0.05, 0) is 43.2 Å². The molecule has 0 aromatic heterocycles. The number of hydrazine groups is 1. The normalized spacial score (nSPS) is 10.2. The summed E-state index contributed by atoms with van der Waals surface area (Å²) >= 11 is 11.8. The van der Waals surface area contributed by atoms with Crippen molar-refractivity contribution in [2.75, 3.05) is 13.2 Å². The second-order valence-electron chi connectivity index (χ2n) is 5.68. The van der Waals surface area contributed by atoms with E-state index in [9.17, 15) is 9.59 Å². The predicted molar refractivity (Wildman–Crippen MR) is 104 cm³/mol. The van der Waals surface area contributed by atoms with Crippen molar-refractivity contribution in [2.24, 2.45) is 0 Å². The maximum atomic E-state index is 11.7. The van der Waals surface area contributed by atoms with Gasteiger partial charge < -0.3 is 9.47 Å². The first-order valence-electron chi connectivity index (χ1n) is 8.29. The van der Waals surface area contributed by atoms with E-state index in [1.807, 2.05) is 25.1 Å². The van der Waals surface area contributed by atoms with Gasteiger partial charge in [0.05, 0.1) is 11.6 Å². The minimum atomic E-state index is -0.448. The zero-order valence-electron chi connectivity index (χ0n) is 14.8. The van der Waals surface area contributed by atoms with Gasteiger partial charge in [-0.3, -0.25) is 20.4 Å². The fourth-order valence-electron chi connectivity index (χ4n) is 2.11. The van der Waals surface area contributed by atoms with Crippen LogP contribution in [0.25, 0.3) is 0 Å². The van der Waals surface area contributed by atoms with Crippen LogP contribution >= 0.6 is 23.2 Å². The zero-order valence-corrected chi connectivity index (χ0v) is 16.3. The summed E-state index contributed by atoms with van der Waals surface area (Å²) in [6.07, 6.45) is 0.643. The molecule has 2 N–H and O–H groups in total. The first-order chi connectivity index (χ1) is 13.0. The molecule has 0 aliphatic carbocycles. The summed E-state index contributed by atoms with van der Waals surface area (Å²) in [5, 5.41) is 0.932. The van der Waals surface area contributed by atoms with E-state index in [4.69, 9.17) is 32.7 Å². The first kappa shape index (κ1) is 20.9. The van der Waals surface area contributed by atoms with Crippen molar-refractivity contribution >= 4 is 35.0 Å². The Hall–Kier alpha value is -2.44. The molecule has 0 atom stereocenters. The molecule has 0 saturated heterocycles. The van der Waals surface area contributed by atoms with E-state index in [0.717, 1.165) is 5.56 Å². The van der Waals surface area contributed by atoms with Crippen molar-refractivity contribution in [2.45, 2.75) is 19.8 Å². The van der Waals surface area contributed by atoms with Gasteiger partial charge in [-0.1, -0.05) is 41.4 Å². The molecule has 2 aromatic carbocycles. The van der Waals surface area contributed by atoms with Crippen molar-refractivity contribution in [1.29, 1.82) is 0 Å². The highest BCUT2D eigenvalue weighted by molar-refractivity contribution is 6.35. The maximum Gasteiger partial charge on any atom is 0.276 e. The van der Waals surface area contributed by atoms with Gasteiger partial charge in [-0.25, -0.2) is 0 Å². The smallest absolute Gasteiger partial charge is 0.276 e. The molecule has 0 unspecified atom stereocenters. The minimum Gasteiger partial charge on any atom is -0.492 e. The number of amides is 2. The van der Waals surface area contributed by atoms with Gasteiger partial charge in [0.15, 0.2) is 6.61 Å². The third-order valence-corrected chi connectivity index (χ3v) is 4.02. The van der Waals surface area contributed by atoms with Crippen molar-refractivity contribution in [1.82, 2.24) is 10.9 Å². The van der Waals surface area contributed by atoms with E-state index < -0.39 is 5.91 Å². The lowest BCUT2D eigenvalue weighted by Gasteiger charge is -2.11. The van der Waals surface area contributed by atoms with Crippen molar-refractivity contribution in [3.8, 4) is 11.5 Å². The van der Waals surface area contributed by atoms with Gasteiger partial charge in [0, 0.05) is 11.4 Å². The molecular formula is C19H20Cl2N2O4. The lowest BCUT2D eigenvalue weighted by atomic mass is 10.2. The largest absolute Gasteiger partial charge is 0.492 e. The van der Waals surface area contributed by atoms with Gasteiger partial charge in [0.2, 0.25) is 5.91 Å². The SMILES string of the molecule is Cc1ccccc1OCC(=O)NNC(=O)CCCOc1ccc(Cl)cc1Cl. The highest BCUT2D eigenvalue weighted by Crippen LogP contribution is 2.27. The van der Waals surface area contributed by atoms with Gasteiger partial charge in [-0.15, -0.1) is 0 Å². The van der Waals surface area contributed by atoms with E-state index in [1.54, 1.807) is 24.3 Å². The average molecular weight is 411 g/mol. The second-order valence-corrected chi connectivity index (χ2v) is 6.52. The summed E-state index contributed by atoms with van der Waals surface area (Å²) in [7, 11) is 0. The summed E-state index contributed by atoms with van der Waals surface area (Å²) in [5.74, 6) is 0.348. The maximum absolute atomic E-state index is 11.7. The van der Waals surface area contributed by atoms with Crippen LogP contribution in [0.15, 0.2) is 42.5 Å². The van der Waals surface area contributed by atoms with Crippen LogP contribution < -0.4 is 20.3 Å². The van der Waals surface area contributed by atoms with Crippen LogP contribution in [0.4, 0.5) is 0 Å². The Morgan fingerprint density at radius 1 is 0.963 bits per heavy atom. The predicted octanol–water partition coefficient (Wildman–Crippen LogP) is 3.69. The van der Waals surface area contributed by atoms with Crippen LogP contribution in [0.3, 0.4) is 0 Å². The molecule has 0 heterocycles. The molecule has 2 aromatic rings. The molecule has 0 fully saturated rings. The van der Waals surface area contributed by atoms with E-state index in [-0.39, 0.29) is 18.9 Å². The molecule has 144 valence electrons. The summed E-state index contributed by atoms with van der Waals surface area (Å²) in [4.78, 5) is 23.4. The lowest BCUT2D eigenvalue weighted by molar-refractivity contribution is -0.130. The van der Waals surface area contributed by atoms with Crippen LogP contribution in [0.5, 0.6) is 11.5 Å². The fourth-order valence-corrected chi connectivity index (χ4v) is 2.57. The van der Waals surface area contributed by atoms with Gasteiger partial charge in [0.25, 0.3) is 5.91 Å². The quantitative estimate of drug-likeness (QED) is 0.513. The van der Waals surface area contributed by atoms with E-state index in [0.29, 0.717) is 34.6 Å². The topological polar surface area (TPSA) is 76.7 Å². The van der Waals surface area contributed by atoms with Crippen LogP contribution in [-0.4, -0.2) is 25.0 Å². The molecule has 6 nitrogen and oxygen atoms in total. The average Bonchev–Trinajstić information content (AvgIpc) is 2.64. The number of hydrogen-bond donors (Lipinski definition) is 2. The number of halogens is 2. The first-order valence-corrected chi connectivity index (χ1v) is 9.05. The summed E-state index contributed by atoms with van der Waals surface area (Å²) < 4.78 is 10.9. The highest BCUT2D eigenvalue weighted by atomic mass is 35.5. The summed E-state index contributed by atoms with van der Waals surface area (Å²) in [6, 6.07) is 12.3. The standard InChI is InChI=1S/C19H20Cl2N2O4/c1-13-5-2-3-6-16(13)27-12-19(25)23-22-18(24)7-4-10-26-17-9-8-14(20)11-15(17)21/h2-3,5-6,8-9,11H,4,7,10,12H2,1H3,(H,22,24)(H,23,25). The lowest BCUT2D eigenvalue weighted by Crippen LogP contribution is -2.43. The number of rotatable bonds is 8. The molecule has 0 spiro atoms. The number of benzene rings is 2. The van der Waals surface area contributed by atoms with Crippen LogP contribution in [0.2, 0.25) is 10.0 Å². The number of carbonyl (C=O) groups is 2. The van der Waals surface area contributed by atoms with Crippen molar-refractivity contribution in [3.05, 3.63) is 58.1 Å². The van der Waals surface area contributed by atoms with Crippen LogP contribution in [0.1, 0.15) is 18.4 Å². The Bertz CT molecular complexity index is 799. The molecule has 0 saturated carbocycles. The Kier molecular flexibility index (Phi) is 8.23. The number of carbonyl (C=O) groups excluding carboxylic acids is 2. The second kappa shape index (κ2) is 10.6. The van der Waals surface area contributed by atoms with Crippen molar-refractivity contribution in [3.63, 3.8) is 0 Å². The number of nitrogens with one attached hydrogen (secondary N) is 2. The van der Waals surface area contributed by atoms with Crippen LogP contribution in [0, 0.1) is 6.92 Å². The third-order valence-electron chi connectivity index (χ3n) is 3.49. The Morgan fingerprint density at radius 3 is 2.44 bits per heavy atom. The molecule has 2 rings (SSSR count). The molecule has 0 aliphatic heterocycles. The monoisotopic (exact) mass is 410 g/mol. The van der Waals surface area contributed by atoms with E-state index in [1.165, 1.54) is 0 Å². The molecule has 0 bridgehead atoms. The number of ether oxygens (including phenoxy) is 2. The van der Waals surface area contributed by atoms with Gasteiger partial charge >= 0.3 is 0 Å². The molecule has 0 aliphatic rings. The van der Waals surface area contributed by atoms with Crippen molar-refractivity contribution < 1.29 is 19.1 Å². The number of hydrogen-bond acceptors (Lipinski definition) is 4. The third kappa shape index (κ3) is 7.37. The Morgan fingerprint density at radius 2 is 1.70 bits per heavy atom. The Labute approximate surface area is 167 Å². The zero-order chi connectivity index (χ0) is 19.6. The van der Waals surface area contributed by atoms with E-state index in [2.05, 4.69) is 10.9 Å². The summed E-state index contributed by atoms with van der Waals surface area (Å²) in [5.41, 5.74) is 5.57. The number of aryl methyl sites for hydroxylation is 1. The highest BCUT2D eigenvalue weighted by Gasteiger charge is 2.07. The minimum absolute atomic E-state index is 0.185. The molecular weight excluding hydrogens is 391 g/mol. The van der Waals surface area contributed by atoms with E-state index >= 15 is 0 Å².